The number of hydrogen-bond donors (Lipinski definition) is 2. The summed E-state index contributed by atoms with van der Waals surface area (Å²) >= 11 is 0. The van der Waals surface area contributed by atoms with Crippen molar-refractivity contribution in [1.29, 1.82) is 0 Å². The number of aromatic hydroxyl groups is 1. The van der Waals surface area contributed by atoms with Crippen molar-refractivity contribution in [3.05, 3.63) is 53.6 Å². The third kappa shape index (κ3) is 3.20. The minimum absolute atomic E-state index is 0.0923. The average Bonchev–Trinajstić information content (AvgIpc) is 2.45. The first-order valence-electron chi connectivity index (χ1n) is 5.92. The van der Waals surface area contributed by atoms with Crippen LogP contribution in [0.4, 0.5) is 0 Å². The van der Waals surface area contributed by atoms with Gasteiger partial charge >= 0.3 is 5.97 Å². The summed E-state index contributed by atoms with van der Waals surface area (Å²) in [5, 5.41) is 18.5. The van der Waals surface area contributed by atoms with E-state index in [1.54, 1.807) is 24.3 Å². The molecule has 5 nitrogen and oxygen atoms in total. The number of carboxylic acids is 1. The van der Waals surface area contributed by atoms with Gasteiger partial charge in [0.2, 0.25) is 0 Å². The molecule has 0 amide bonds. The van der Waals surface area contributed by atoms with E-state index >= 15 is 0 Å². The van der Waals surface area contributed by atoms with E-state index < -0.39 is 5.97 Å². The summed E-state index contributed by atoms with van der Waals surface area (Å²) in [6, 6.07) is 11.1. The van der Waals surface area contributed by atoms with Crippen LogP contribution in [-0.2, 0) is 6.61 Å². The molecule has 0 spiro atoms. The number of rotatable bonds is 5. The molecule has 0 unspecified atom stereocenters. The van der Waals surface area contributed by atoms with Crippen molar-refractivity contribution in [2.75, 3.05) is 7.11 Å². The molecule has 0 radical (unpaired) electrons. The monoisotopic (exact) mass is 274 g/mol. The van der Waals surface area contributed by atoms with Crippen LogP contribution in [-0.4, -0.2) is 23.3 Å². The summed E-state index contributed by atoms with van der Waals surface area (Å²) in [5.74, 6) is -0.00485. The predicted octanol–water partition coefficient (Wildman–Crippen LogP) is 2.68. The molecule has 2 rings (SSSR count). The van der Waals surface area contributed by atoms with Gasteiger partial charge < -0.3 is 19.7 Å². The van der Waals surface area contributed by atoms with Gasteiger partial charge in [-0.1, -0.05) is 12.1 Å². The molecule has 0 aliphatic rings. The molecule has 0 heterocycles. The number of methoxy groups -OCH3 is 1. The fourth-order valence-electron chi connectivity index (χ4n) is 1.74. The zero-order valence-corrected chi connectivity index (χ0v) is 10.9. The lowest BCUT2D eigenvalue weighted by atomic mass is 10.1. The van der Waals surface area contributed by atoms with Gasteiger partial charge in [0.05, 0.1) is 12.7 Å². The second-order valence-electron chi connectivity index (χ2n) is 4.11. The lowest BCUT2D eigenvalue weighted by Crippen LogP contribution is -2.06. The largest absolute Gasteiger partial charge is 0.508 e. The van der Waals surface area contributed by atoms with Crippen LogP contribution in [0.3, 0.4) is 0 Å². The number of carbonyl (C=O) groups is 1. The Bertz CT molecular complexity index is 621. The SMILES string of the molecule is COc1ccc(COc2cccc(O)c2)c(C(=O)O)c1. The summed E-state index contributed by atoms with van der Waals surface area (Å²) in [7, 11) is 1.48. The average molecular weight is 274 g/mol. The topological polar surface area (TPSA) is 76.0 Å². The molecule has 2 N–H and O–H groups in total. The highest BCUT2D eigenvalue weighted by atomic mass is 16.5. The van der Waals surface area contributed by atoms with Gasteiger partial charge in [0.25, 0.3) is 0 Å². The van der Waals surface area contributed by atoms with E-state index in [9.17, 15) is 15.0 Å². The summed E-state index contributed by atoms with van der Waals surface area (Å²) in [6.45, 7) is 0.0923. The summed E-state index contributed by atoms with van der Waals surface area (Å²) < 4.78 is 10.5. The minimum atomic E-state index is -1.04. The van der Waals surface area contributed by atoms with Crippen molar-refractivity contribution >= 4 is 5.97 Å². The van der Waals surface area contributed by atoms with Gasteiger partial charge in [-0.15, -0.1) is 0 Å². The van der Waals surface area contributed by atoms with E-state index in [2.05, 4.69) is 0 Å². The van der Waals surface area contributed by atoms with Crippen molar-refractivity contribution in [3.63, 3.8) is 0 Å². The standard InChI is InChI=1S/C15H14O5/c1-19-12-6-5-10(14(8-12)15(17)18)9-20-13-4-2-3-11(16)7-13/h2-8,16H,9H2,1H3,(H,17,18). The maximum Gasteiger partial charge on any atom is 0.336 e. The Hall–Kier alpha value is -2.69. The van der Waals surface area contributed by atoms with Crippen molar-refractivity contribution < 1.29 is 24.5 Å². The minimum Gasteiger partial charge on any atom is -0.508 e. The number of ether oxygens (including phenoxy) is 2. The Morgan fingerprint density at radius 1 is 1.15 bits per heavy atom. The van der Waals surface area contributed by atoms with Crippen LogP contribution in [0.25, 0.3) is 0 Å². The van der Waals surface area contributed by atoms with Crippen LogP contribution in [0.5, 0.6) is 17.2 Å². The predicted molar refractivity (Wildman–Crippen MR) is 72.4 cm³/mol. The molecule has 0 saturated carbocycles. The maximum atomic E-state index is 11.2. The van der Waals surface area contributed by atoms with E-state index in [0.29, 0.717) is 17.1 Å². The first-order valence-corrected chi connectivity index (χ1v) is 5.92. The number of aromatic carboxylic acids is 1. The Morgan fingerprint density at radius 3 is 2.60 bits per heavy atom. The maximum absolute atomic E-state index is 11.2. The first-order chi connectivity index (χ1) is 9.60. The summed E-state index contributed by atoms with van der Waals surface area (Å²) in [5.41, 5.74) is 0.658. The van der Waals surface area contributed by atoms with Gasteiger partial charge in [0.15, 0.2) is 0 Å². The number of phenolic OH excluding ortho intramolecular Hbond substituents is 1. The summed E-state index contributed by atoms with van der Waals surface area (Å²) in [6.07, 6.45) is 0. The van der Waals surface area contributed by atoms with Gasteiger partial charge in [-0.3, -0.25) is 0 Å². The number of benzene rings is 2. The molecule has 0 aliphatic carbocycles. The van der Waals surface area contributed by atoms with E-state index in [1.165, 1.54) is 25.3 Å². The van der Waals surface area contributed by atoms with E-state index in [0.717, 1.165) is 0 Å². The third-order valence-corrected chi connectivity index (χ3v) is 2.76. The fourth-order valence-corrected chi connectivity index (χ4v) is 1.74. The summed E-state index contributed by atoms with van der Waals surface area (Å²) in [4.78, 5) is 11.2. The van der Waals surface area contributed by atoms with Gasteiger partial charge in [-0.2, -0.15) is 0 Å². The van der Waals surface area contributed by atoms with Crippen LogP contribution >= 0.6 is 0 Å². The van der Waals surface area contributed by atoms with Crippen LogP contribution in [0.15, 0.2) is 42.5 Å². The lowest BCUT2D eigenvalue weighted by Gasteiger charge is -2.10. The van der Waals surface area contributed by atoms with Crippen molar-refractivity contribution in [3.8, 4) is 17.2 Å². The van der Waals surface area contributed by atoms with Crippen LogP contribution in [0.1, 0.15) is 15.9 Å². The van der Waals surface area contributed by atoms with Crippen LogP contribution in [0.2, 0.25) is 0 Å². The fraction of sp³-hybridized carbons (Fsp3) is 0.133. The van der Waals surface area contributed by atoms with E-state index in [1.807, 2.05) is 0 Å². The molecular formula is C15H14O5. The molecule has 0 saturated heterocycles. The van der Waals surface area contributed by atoms with Crippen LogP contribution < -0.4 is 9.47 Å². The second-order valence-corrected chi connectivity index (χ2v) is 4.11. The van der Waals surface area contributed by atoms with Gasteiger partial charge in [0, 0.05) is 11.6 Å². The first kappa shape index (κ1) is 13.7. The second kappa shape index (κ2) is 5.97. The Kier molecular flexibility index (Phi) is 4.10. The number of phenols is 1. The van der Waals surface area contributed by atoms with Crippen molar-refractivity contribution in [2.45, 2.75) is 6.61 Å². The molecule has 20 heavy (non-hydrogen) atoms. The molecule has 0 aliphatic heterocycles. The number of hydrogen-bond acceptors (Lipinski definition) is 4. The molecule has 5 heteroatoms. The van der Waals surface area contributed by atoms with Crippen molar-refractivity contribution in [1.82, 2.24) is 0 Å². The van der Waals surface area contributed by atoms with Crippen LogP contribution in [0, 0.1) is 0 Å². The Labute approximate surface area is 116 Å². The molecule has 0 aromatic heterocycles. The third-order valence-electron chi connectivity index (χ3n) is 2.76. The Balaban J connectivity index is 2.18. The lowest BCUT2D eigenvalue weighted by molar-refractivity contribution is 0.0693. The van der Waals surface area contributed by atoms with Gasteiger partial charge in [-0.05, 0) is 24.3 Å². The molecule has 0 fully saturated rings. The molecule has 2 aromatic carbocycles. The molecule has 0 bridgehead atoms. The quantitative estimate of drug-likeness (QED) is 0.876. The normalized spacial score (nSPS) is 10.1. The zero-order chi connectivity index (χ0) is 14.5. The number of carboxylic acid groups (broad SMARTS) is 1. The van der Waals surface area contributed by atoms with Crippen molar-refractivity contribution in [2.24, 2.45) is 0 Å². The highest BCUT2D eigenvalue weighted by Gasteiger charge is 2.12. The van der Waals surface area contributed by atoms with Gasteiger partial charge in [-0.25, -0.2) is 4.79 Å². The highest BCUT2D eigenvalue weighted by molar-refractivity contribution is 5.89. The molecular weight excluding hydrogens is 260 g/mol. The highest BCUT2D eigenvalue weighted by Crippen LogP contribution is 2.22. The van der Waals surface area contributed by atoms with Gasteiger partial charge in [0.1, 0.15) is 23.9 Å². The smallest absolute Gasteiger partial charge is 0.336 e. The Morgan fingerprint density at radius 2 is 1.95 bits per heavy atom. The molecule has 104 valence electrons. The van der Waals surface area contributed by atoms with E-state index in [4.69, 9.17) is 9.47 Å². The van der Waals surface area contributed by atoms with E-state index in [-0.39, 0.29) is 17.9 Å². The molecule has 2 aromatic rings. The molecule has 0 atom stereocenters. The zero-order valence-electron chi connectivity index (χ0n) is 10.9.